The molecule has 0 nitrogen and oxygen atoms in total. The van der Waals surface area contributed by atoms with Crippen molar-refractivity contribution in [2.75, 3.05) is 0 Å². The van der Waals surface area contributed by atoms with Gasteiger partial charge < -0.3 is 0 Å². The van der Waals surface area contributed by atoms with E-state index in [4.69, 9.17) is 0 Å². The van der Waals surface area contributed by atoms with Crippen LogP contribution >= 0.6 is 0 Å². The Bertz CT molecular complexity index is 147. The molecule has 0 aliphatic carbocycles. The summed E-state index contributed by atoms with van der Waals surface area (Å²) in [5.41, 5.74) is 1.17. The molecule has 0 saturated carbocycles. The van der Waals surface area contributed by atoms with Gasteiger partial charge in [0.25, 0.3) is 0 Å². The van der Waals surface area contributed by atoms with Gasteiger partial charge in [-0.1, -0.05) is 44.1 Å². The molecule has 0 heterocycles. The summed E-state index contributed by atoms with van der Waals surface area (Å²) >= 11 is 0. The first-order valence-electron chi connectivity index (χ1n) is 6.39. The quantitative estimate of drug-likeness (QED) is 0.468. The van der Waals surface area contributed by atoms with Crippen LogP contribution in [0.2, 0.25) is 0 Å². The SMILES string of the molecule is C=C.C=C(C)C.C=CC.C=CCC.C=CCCC. The minimum Gasteiger partial charge on any atom is -0.106 e. The van der Waals surface area contributed by atoms with Crippen LogP contribution in [-0.4, -0.2) is 0 Å². The molecule has 0 amide bonds. The van der Waals surface area contributed by atoms with Gasteiger partial charge in [0.1, 0.15) is 0 Å². The van der Waals surface area contributed by atoms with Gasteiger partial charge in [0, 0.05) is 0 Å². The van der Waals surface area contributed by atoms with E-state index in [1.807, 2.05) is 32.9 Å². The van der Waals surface area contributed by atoms with Crippen LogP contribution in [-0.2, 0) is 0 Å². The van der Waals surface area contributed by atoms with Crippen LogP contribution < -0.4 is 0 Å². The van der Waals surface area contributed by atoms with Gasteiger partial charge >= 0.3 is 0 Å². The number of hydrogen-bond donors (Lipinski definition) is 0. The van der Waals surface area contributed by atoms with E-state index in [9.17, 15) is 0 Å². The minimum atomic E-state index is 1.08. The monoisotopic (exact) mass is 252 g/mol. The van der Waals surface area contributed by atoms with Crippen LogP contribution in [0.5, 0.6) is 0 Å². The molecule has 0 aliphatic heterocycles. The molecule has 0 radical (unpaired) electrons. The van der Waals surface area contributed by atoms with E-state index in [-0.39, 0.29) is 0 Å². The summed E-state index contributed by atoms with van der Waals surface area (Å²) in [4.78, 5) is 0. The molecule has 18 heavy (non-hydrogen) atoms. The second kappa shape index (κ2) is 57.2. The lowest BCUT2D eigenvalue weighted by molar-refractivity contribution is 0.961. The van der Waals surface area contributed by atoms with Gasteiger partial charge in [-0.05, 0) is 33.6 Å². The van der Waals surface area contributed by atoms with E-state index >= 15 is 0 Å². The molecule has 108 valence electrons. The topological polar surface area (TPSA) is 0 Å². The van der Waals surface area contributed by atoms with Crippen molar-refractivity contribution >= 4 is 0 Å². The second-order valence-corrected chi connectivity index (χ2v) is 3.39. The molecule has 0 spiro atoms. The Labute approximate surface area is 118 Å². The first-order valence-corrected chi connectivity index (χ1v) is 6.39. The highest BCUT2D eigenvalue weighted by Crippen LogP contribution is 1.82. The van der Waals surface area contributed by atoms with E-state index in [0.29, 0.717) is 0 Å². The Morgan fingerprint density at radius 1 is 0.944 bits per heavy atom. The molecule has 0 rings (SSSR count). The molecular weight excluding hydrogens is 216 g/mol. The number of hydrogen-bond acceptors (Lipinski definition) is 0. The van der Waals surface area contributed by atoms with Crippen LogP contribution in [0, 0.1) is 0 Å². The van der Waals surface area contributed by atoms with Crippen LogP contribution in [0.15, 0.2) is 63.3 Å². The van der Waals surface area contributed by atoms with E-state index in [0.717, 1.165) is 12.8 Å². The zero-order valence-electron chi connectivity index (χ0n) is 13.6. The highest BCUT2D eigenvalue weighted by Gasteiger charge is 1.61. The number of unbranched alkanes of at least 4 members (excludes halogenated alkanes) is 1. The fourth-order valence-corrected chi connectivity index (χ4v) is 0.204. The maximum absolute atomic E-state index is 3.56. The average Bonchev–Trinajstić information content (AvgIpc) is 2.33. The second-order valence-electron chi connectivity index (χ2n) is 3.39. The Morgan fingerprint density at radius 2 is 1.17 bits per heavy atom. The van der Waals surface area contributed by atoms with Gasteiger partial charge in [-0.15, -0.1) is 39.5 Å². The third-order valence-corrected chi connectivity index (χ3v) is 0.781. The normalized spacial score (nSPS) is 5.83. The Morgan fingerprint density at radius 3 is 1.17 bits per heavy atom. The van der Waals surface area contributed by atoms with Crippen molar-refractivity contribution in [3.8, 4) is 0 Å². The molecule has 0 heteroatoms. The average molecular weight is 252 g/mol. The lowest BCUT2D eigenvalue weighted by Crippen LogP contribution is -1.52. The first kappa shape index (κ1) is 30.1. The van der Waals surface area contributed by atoms with Crippen LogP contribution in [0.3, 0.4) is 0 Å². The smallest absolute Gasteiger partial charge is 0.0356 e. The van der Waals surface area contributed by atoms with Gasteiger partial charge in [0.15, 0.2) is 0 Å². The molecule has 0 unspecified atom stereocenters. The van der Waals surface area contributed by atoms with Crippen LogP contribution in [0.25, 0.3) is 0 Å². The van der Waals surface area contributed by atoms with Crippen molar-refractivity contribution in [2.24, 2.45) is 0 Å². The summed E-state index contributed by atoms with van der Waals surface area (Å²) in [5.74, 6) is 0. The fraction of sp³-hybridized carbons (Fsp3) is 0.444. The summed E-state index contributed by atoms with van der Waals surface area (Å²) in [6.45, 7) is 30.0. The number of rotatable bonds is 3. The van der Waals surface area contributed by atoms with Gasteiger partial charge in [0.2, 0.25) is 0 Å². The maximum atomic E-state index is 3.56. The van der Waals surface area contributed by atoms with E-state index in [1.54, 1.807) is 6.08 Å². The summed E-state index contributed by atoms with van der Waals surface area (Å²) in [5, 5.41) is 0. The maximum Gasteiger partial charge on any atom is -0.0356 e. The number of allylic oxidation sites excluding steroid dienone is 4. The van der Waals surface area contributed by atoms with E-state index < -0.39 is 0 Å². The molecule has 0 aromatic heterocycles. The van der Waals surface area contributed by atoms with Gasteiger partial charge in [-0.25, -0.2) is 0 Å². The van der Waals surface area contributed by atoms with Gasteiger partial charge in [-0.3, -0.25) is 0 Å². The third kappa shape index (κ3) is 955. The zero-order valence-corrected chi connectivity index (χ0v) is 13.6. The van der Waals surface area contributed by atoms with Crippen molar-refractivity contribution in [1.82, 2.24) is 0 Å². The zero-order chi connectivity index (χ0) is 15.8. The molecule has 0 atom stereocenters. The highest BCUT2D eigenvalue weighted by molar-refractivity contribution is 4.78. The Kier molecular flexibility index (Phi) is 95.6. The molecule has 0 fully saturated rings. The fourth-order valence-electron chi connectivity index (χ4n) is 0.204. The summed E-state index contributed by atoms with van der Waals surface area (Å²) in [7, 11) is 0. The third-order valence-electron chi connectivity index (χ3n) is 0.781. The molecule has 0 saturated heterocycles. The molecule has 0 aromatic carbocycles. The standard InChI is InChI=1S/C5H10.2C4H8.C3H6.C2H4/c1-3-5-4-2;1-4(2)3;1-3-4-2;1-3-2;1-2/h3H,1,4-5H2,2H3;1H2,2-3H3;3H,1,4H2,2H3;3H,1H2,2H3;1-2H2. The van der Waals surface area contributed by atoms with Gasteiger partial charge in [0.05, 0.1) is 0 Å². The summed E-state index contributed by atoms with van der Waals surface area (Å²) < 4.78 is 0. The highest BCUT2D eigenvalue weighted by atomic mass is 13.7. The van der Waals surface area contributed by atoms with Crippen molar-refractivity contribution in [2.45, 2.75) is 53.9 Å². The lowest BCUT2D eigenvalue weighted by Gasteiger charge is -1.72. The summed E-state index contributed by atoms with van der Waals surface area (Å²) in [6, 6.07) is 0. The summed E-state index contributed by atoms with van der Waals surface area (Å²) in [6.07, 6.45) is 9.02. The predicted octanol–water partition coefficient (Wildman–Crippen LogP) is 7.13. The van der Waals surface area contributed by atoms with Crippen LogP contribution in [0.1, 0.15) is 53.9 Å². The molecule has 0 aliphatic rings. The van der Waals surface area contributed by atoms with Gasteiger partial charge in [-0.2, -0.15) is 0 Å². The predicted molar refractivity (Wildman–Crippen MR) is 93.2 cm³/mol. The molecule has 0 bridgehead atoms. The van der Waals surface area contributed by atoms with Crippen LogP contribution in [0.4, 0.5) is 0 Å². The van der Waals surface area contributed by atoms with Crippen molar-refractivity contribution in [3.63, 3.8) is 0 Å². The van der Waals surface area contributed by atoms with Crippen molar-refractivity contribution in [3.05, 3.63) is 63.3 Å². The largest absolute Gasteiger partial charge is 0.106 e. The van der Waals surface area contributed by atoms with Crippen molar-refractivity contribution in [1.29, 1.82) is 0 Å². The van der Waals surface area contributed by atoms with E-state index in [2.05, 4.69) is 53.3 Å². The van der Waals surface area contributed by atoms with Crippen molar-refractivity contribution < 1.29 is 0 Å². The first-order chi connectivity index (χ1) is 8.47. The Hall–Kier alpha value is -1.30. The molecule has 0 aromatic rings. The minimum absolute atomic E-state index is 1.08. The Balaban J connectivity index is -0.0000000404. The van der Waals surface area contributed by atoms with E-state index in [1.165, 1.54) is 12.0 Å². The molecular formula is C18H36. The lowest BCUT2D eigenvalue weighted by atomic mass is 10.3. The molecule has 0 N–H and O–H groups in total.